The fraction of sp³-hybridized carbons (Fsp3) is 0.125. The number of hydrogen-bond donors (Lipinski definition) is 0. The van der Waals surface area contributed by atoms with E-state index in [4.69, 9.17) is 9.15 Å². The van der Waals surface area contributed by atoms with Gasteiger partial charge in [0.15, 0.2) is 5.70 Å². The Hall–Kier alpha value is -1.89. The highest BCUT2D eigenvalue weighted by Crippen LogP contribution is 2.21. The molecule has 3 rings (SSSR count). The average Bonchev–Trinajstić information content (AvgIpc) is 3.00. The summed E-state index contributed by atoms with van der Waals surface area (Å²) < 4.78 is 11.8. The van der Waals surface area contributed by atoms with Crippen molar-refractivity contribution < 1.29 is 13.9 Å². The van der Waals surface area contributed by atoms with Crippen LogP contribution in [0.3, 0.4) is 0 Å². The molecule has 0 spiro atoms. The molecule has 0 unspecified atom stereocenters. The van der Waals surface area contributed by atoms with Gasteiger partial charge < -0.3 is 9.15 Å². The van der Waals surface area contributed by atoms with Gasteiger partial charge in [0, 0.05) is 15.2 Å². The van der Waals surface area contributed by atoms with Crippen LogP contribution in [0.25, 0.3) is 6.08 Å². The van der Waals surface area contributed by atoms with Crippen molar-refractivity contribution in [3.05, 3.63) is 62.2 Å². The Balaban J connectivity index is 1.95. The molecule has 0 radical (unpaired) electrons. The van der Waals surface area contributed by atoms with Crippen LogP contribution in [0.4, 0.5) is 0 Å². The van der Waals surface area contributed by atoms with Crippen LogP contribution in [0, 0.1) is 17.4 Å². The summed E-state index contributed by atoms with van der Waals surface area (Å²) in [5.41, 5.74) is 2.15. The largest absolute Gasteiger partial charge is 0.462 e. The number of esters is 1. The zero-order valence-corrected chi connectivity index (χ0v) is 13.7. The fourth-order valence-electron chi connectivity index (χ4n) is 1.98. The highest BCUT2D eigenvalue weighted by molar-refractivity contribution is 14.1. The number of nitrogens with zero attached hydrogens (tertiary/aromatic N) is 1. The highest BCUT2D eigenvalue weighted by atomic mass is 127. The number of carbonyl (C=O) groups excluding carboxylic acids is 1. The van der Waals surface area contributed by atoms with Crippen molar-refractivity contribution in [2.24, 2.45) is 4.99 Å². The van der Waals surface area contributed by atoms with E-state index in [0.717, 1.165) is 20.5 Å². The molecule has 0 atom stereocenters. The molecular formula is C16H12INO3. The van der Waals surface area contributed by atoms with Crippen LogP contribution >= 0.6 is 22.6 Å². The molecule has 0 saturated heterocycles. The summed E-state index contributed by atoms with van der Waals surface area (Å²) in [6, 6.07) is 9.44. The van der Waals surface area contributed by atoms with E-state index >= 15 is 0 Å². The minimum Gasteiger partial charge on any atom is -0.462 e. The Morgan fingerprint density at radius 1 is 1.19 bits per heavy atom. The molecule has 1 aliphatic rings. The third-order valence-electron chi connectivity index (χ3n) is 3.07. The number of hydrogen-bond acceptors (Lipinski definition) is 4. The lowest BCUT2D eigenvalue weighted by Gasteiger charge is -2.02. The van der Waals surface area contributed by atoms with Gasteiger partial charge in [0.25, 0.3) is 0 Å². The van der Waals surface area contributed by atoms with E-state index in [2.05, 4.69) is 27.6 Å². The molecule has 4 nitrogen and oxygen atoms in total. The lowest BCUT2D eigenvalue weighted by atomic mass is 10.1. The summed E-state index contributed by atoms with van der Waals surface area (Å²) in [5, 5.41) is 0. The van der Waals surface area contributed by atoms with Crippen molar-refractivity contribution in [1.82, 2.24) is 0 Å². The third kappa shape index (κ3) is 2.92. The standard InChI is InChI=1S/C16H12INO3/c1-9-7-11(4-6-13(9)17)15-18-14(16(19)21-15)8-12-5-3-10(2)20-12/h3-8H,1-2H3/b14-8-. The molecule has 2 aromatic rings. The predicted molar refractivity (Wildman–Crippen MR) is 87.9 cm³/mol. The maximum absolute atomic E-state index is 11.9. The molecular weight excluding hydrogens is 381 g/mol. The van der Waals surface area contributed by atoms with Crippen molar-refractivity contribution in [2.75, 3.05) is 0 Å². The normalized spacial score (nSPS) is 16.2. The second-order valence-corrected chi connectivity index (χ2v) is 5.91. The lowest BCUT2D eigenvalue weighted by molar-refractivity contribution is -0.129. The van der Waals surface area contributed by atoms with Crippen molar-refractivity contribution in [1.29, 1.82) is 0 Å². The maximum Gasteiger partial charge on any atom is 0.363 e. The number of rotatable bonds is 2. The van der Waals surface area contributed by atoms with Gasteiger partial charge in [-0.05, 0) is 72.3 Å². The van der Waals surface area contributed by atoms with Gasteiger partial charge in [-0.25, -0.2) is 9.79 Å². The molecule has 2 heterocycles. The molecule has 0 aliphatic carbocycles. The zero-order chi connectivity index (χ0) is 15.0. The van der Waals surface area contributed by atoms with Crippen LogP contribution in [-0.2, 0) is 9.53 Å². The monoisotopic (exact) mass is 393 g/mol. The summed E-state index contributed by atoms with van der Waals surface area (Å²) in [6.45, 7) is 3.85. The second-order valence-electron chi connectivity index (χ2n) is 4.75. The van der Waals surface area contributed by atoms with E-state index in [1.165, 1.54) is 0 Å². The maximum atomic E-state index is 11.9. The van der Waals surface area contributed by atoms with Gasteiger partial charge in [-0.15, -0.1) is 0 Å². The van der Waals surface area contributed by atoms with Crippen molar-refractivity contribution >= 4 is 40.5 Å². The van der Waals surface area contributed by atoms with Gasteiger partial charge in [0.05, 0.1) is 0 Å². The first-order valence-corrected chi connectivity index (χ1v) is 7.46. The number of ether oxygens (including phenoxy) is 1. The quantitative estimate of drug-likeness (QED) is 0.443. The van der Waals surface area contributed by atoms with Crippen molar-refractivity contribution in [3.8, 4) is 0 Å². The van der Waals surface area contributed by atoms with Crippen LogP contribution in [0.1, 0.15) is 22.6 Å². The van der Waals surface area contributed by atoms with Crippen LogP contribution in [0.15, 0.2) is 45.4 Å². The number of halogens is 1. The van der Waals surface area contributed by atoms with Crippen LogP contribution in [-0.4, -0.2) is 11.9 Å². The smallest absolute Gasteiger partial charge is 0.363 e. The first-order chi connectivity index (χ1) is 10.0. The molecule has 0 bridgehead atoms. The molecule has 0 fully saturated rings. The van der Waals surface area contributed by atoms with Gasteiger partial charge in [-0.2, -0.15) is 0 Å². The summed E-state index contributed by atoms with van der Waals surface area (Å²) in [7, 11) is 0. The van der Waals surface area contributed by atoms with Crippen LogP contribution in [0.5, 0.6) is 0 Å². The molecule has 106 valence electrons. The number of benzene rings is 1. The summed E-state index contributed by atoms with van der Waals surface area (Å²) in [4.78, 5) is 16.1. The first-order valence-electron chi connectivity index (χ1n) is 6.38. The number of aryl methyl sites for hydroxylation is 2. The third-order valence-corrected chi connectivity index (χ3v) is 4.28. The van der Waals surface area contributed by atoms with E-state index in [9.17, 15) is 4.79 Å². The minimum atomic E-state index is -0.463. The molecule has 0 amide bonds. The van der Waals surface area contributed by atoms with E-state index in [1.807, 2.05) is 38.1 Å². The number of carbonyl (C=O) groups is 1. The SMILES string of the molecule is Cc1ccc(/C=C2\N=C(c3ccc(I)c(C)c3)OC2=O)o1. The van der Waals surface area contributed by atoms with Gasteiger partial charge >= 0.3 is 5.97 Å². The topological polar surface area (TPSA) is 51.8 Å². The molecule has 0 N–H and O–H groups in total. The van der Waals surface area contributed by atoms with E-state index in [-0.39, 0.29) is 5.70 Å². The molecule has 1 aliphatic heterocycles. The Morgan fingerprint density at radius 2 is 2.00 bits per heavy atom. The van der Waals surface area contributed by atoms with Gasteiger partial charge in [0.1, 0.15) is 11.5 Å². The zero-order valence-electron chi connectivity index (χ0n) is 11.5. The molecule has 1 aromatic carbocycles. The number of cyclic esters (lactones) is 1. The Labute approximate surface area is 135 Å². The predicted octanol–water partition coefficient (Wildman–Crippen LogP) is 3.85. The van der Waals surface area contributed by atoms with Crippen molar-refractivity contribution in [3.63, 3.8) is 0 Å². The van der Waals surface area contributed by atoms with E-state index < -0.39 is 5.97 Å². The molecule has 0 saturated carbocycles. The van der Waals surface area contributed by atoms with Crippen LogP contribution in [0.2, 0.25) is 0 Å². The highest BCUT2D eigenvalue weighted by Gasteiger charge is 2.24. The average molecular weight is 393 g/mol. The number of aliphatic imine (C=N–C) groups is 1. The first kappa shape index (κ1) is 14.1. The van der Waals surface area contributed by atoms with Gasteiger partial charge in [-0.1, -0.05) is 0 Å². The fourth-order valence-corrected chi connectivity index (χ4v) is 2.31. The minimum absolute atomic E-state index is 0.246. The summed E-state index contributed by atoms with van der Waals surface area (Å²) in [6.07, 6.45) is 1.59. The van der Waals surface area contributed by atoms with Crippen molar-refractivity contribution in [2.45, 2.75) is 13.8 Å². The summed E-state index contributed by atoms with van der Waals surface area (Å²) >= 11 is 2.26. The van der Waals surface area contributed by atoms with E-state index in [1.54, 1.807) is 12.1 Å². The van der Waals surface area contributed by atoms with Crippen LogP contribution < -0.4 is 0 Å². The second kappa shape index (κ2) is 5.48. The van der Waals surface area contributed by atoms with Gasteiger partial charge in [-0.3, -0.25) is 0 Å². The summed E-state index contributed by atoms with van der Waals surface area (Å²) in [5.74, 6) is 1.23. The Kier molecular flexibility index (Phi) is 3.67. The van der Waals surface area contributed by atoms with Gasteiger partial charge in [0.2, 0.25) is 5.90 Å². The molecule has 21 heavy (non-hydrogen) atoms. The Morgan fingerprint density at radius 3 is 2.67 bits per heavy atom. The lowest BCUT2D eigenvalue weighted by Crippen LogP contribution is -2.05. The molecule has 1 aromatic heterocycles. The van der Waals surface area contributed by atoms with E-state index in [0.29, 0.717) is 11.7 Å². The molecule has 5 heteroatoms. The number of furan rings is 1. The Bertz CT molecular complexity index is 787.